The maximum Gasteiger partial charge on any atom is 0.290 e. The van der Waals surface area contributed by atoms with E-state index in [1.165, 1.54) is 26.1 Å². The maximum atomic E-state index is 8.36. The fourth-order valence-corrected chi connectivity index (χ4v) is 5.20. The average molecular weight is 415 g/mol. The van der Waals surface area contributed by atoms with Crippen molar-refractivity contribution in [2.24, 2.45) is 4.99 Å². The van der Waals surface area contributed by atoms with Crippen molar-refractivity contribution in [2.75, 3.05) is 20.2 Å². The molecule has 0 bridgehead atoms. The molecule has 4 rings (SSSR count). The van der Waals surface area contributed by atoms with Crippen LogP contribution < -0.4 is 10.1 Å². The molecule has 5 nitrogen and oxygen atoms in total. The molecule has 0 radical (unpaired) electrons. The van der Waals surface area contributed by atoms with Crippen LogP contribution in [0.1, 0.15) is 16.9 Å². The molecule has 0 spiro atoms. The van der Waals surface area contributed by atoms with Gasteiger partial charge in [0.05, 0.1) is 16.9 Å². The van der Waals surface area contributed by atoms with Crippen LogP contribution in [0.3, 0.4) is 0 Å². The fourth-order valence-electron chi connectivity index (χ4n) is 3.02. The molecular weight excluding hydrogens is 392 g/mol. The lowest BCUT2D eigenvalue weighted by atomic mass is 10.1. The molecule has 0 atom stereocenters. The number of ether oxygens (including phenoxy) is 1. The molecule has 1 aromatic heterocycles. The van der Waals surface area contributed by atoms with Crippen molar-refractivity contribution in [2.45, 2.75) is 17.1 Å². The van der Waals surface area contributed by atoms with Gasteiger partial charge >= 0.3 is 0 Å². The van der Waals surface area contributed by atoms with Crippen molar-refractivity contribution in [3.05, 3.63) is 58.3 Å². The third-order valence-corrected chi connectivity index (χ3v) is 6.42. The Morgan fingerprint density at radius 3 is 2.86 bits per heavy atom. The summed E-state index contributed by atoms with van der Waals surface area (Å²) >= 11 is 3.60. The van der Waals surface area contributed by atoms with Crippen LogP contribution in [0.15, 0.2) is 57.7 Å². The SMILES string of the molecule is COc1ccc2ccccc2c1SCc1ccsc1C1=NCCCN1.O=CO. The second-order valence-corrected chi connectivity index (χ2v) is 7.90. The summed E-state index contributed by atoms with van der Waals surface area (Å²) in [4.78, 5) is 15.5. The highest BCUT2D eigenvalue weighted by atomic mass is 32.2. The predicted octanol–water partition coefficient (Wildman–Crippen LogP) is 4.64. The second kappa shape index (κ2) is 10.1. The summed E-state index contributed by atoms with van der Waals surface area (Å²) in [6.45, 7) is 1.68. The Hall–Kier alpha value is -2.51. The van der Waals surface area contributed by atoms with Gasteiger partial charge in [-0.15, -0.1) is 23.1 Å². The third-order valence-electron chi connectivity index (χ3n) is 4.29. The molecule has 3 aromatic rings. The molecule has 1 aliphatic rings. The summed E-state index contributed by atoms with van der Waals surface area (Å²) in [5, 5.41) is 15.0. The van der Waals surface area contributed by atoms with Gasteiger partial charge in [0.15, 0.2) is 0 Å². The Morgan fingerprint density at radius 2 is 2.11 bits per heavy atom. The number of nitrogens with one attached hydrogen (secondary N) is 1. The van der Waals surface area contributed by atoms with Crippen LogP contribution in [0.25, 0.3) is 10.8 Å². The molecule has 7 heteroatoms. The largest absolute Gasteiger partial charge is 0.496 e. The minimum atomic E-state index is -0.250. The summed E-state index contributed by atoms with van der Waals surface area (Å²) in [7, 11) is 1.74. The number of rotatable bonds is 5. The number of carbonyl (C=O) groups is 1. The van der Waals surface area contributed by atoms with Crippen LogP contribution in [0, 0.1) is 0 Å². The van der Waals surface area contributed by atoms with E-state index in [4.69, 9.17) is 14.6 Å². The molecule has 2 aromatic carbocycles. The van der Waals surface area contributed by atoms with Gasteiger partial charge in [-0.1, -0.05) is 30.3 Å². The summed E-state index contributed by atoms with van der Waals surface area (Å²) in [6.07, 6.45) is 1.12. The normalized spacial score (nSPS) is 13.1. The number of thiophene rings is 1. The van der Waals surface area contributed by atoms with Crippen molar-refractivity contribution in [1.82, 2.24) is 5.32 Å². The van der Waals surface area contributed by atoms with Crippen LogP contribution in [-0.4, -0.2) is 37.6 Å². The maximum absolute atomic E-state index is 8.36. The molecule has 2 heterocycles. The van der Waals surface area contributed by atoms with Gasteiger partial charge in [0.25, 0.3) is 6.47 Å². The summed E-state index contributed by atoms with van der Waals surface area (Å²) in [5.41, 5.74) is 1.33. The first-order chi connectivity index (χ1) is 13.8. The molecule has 0 saturated heterocycles. The number of fused-ring (bicyclic) bond motifs is 1. The zero-order valence-corrected chi connectivity index (χ0v) is 17.2. The highest BCUT2D eigenvalue weighted by molar-refractivity contribution is 7.98. The minimum Gasteiger partial charge on any atom is -0.496 e. The Morgan fingerprint density at radius 1 is 1.29 bits per heavy atom. The van der Waals surface area contributed by atoms with Gasteiger partial charge in [-0.05, 0) is 40.3 Å². The highest BCUT2D eigenvalue weighted by Gasteiger charge is 2.15. The standard InChI is InChI=1S/C20H20N2OS2.CH2O2/c1-23-17-8-7-14-5-2-3-6-16(14)19(17)25-13-15-9-12-24-18(15)20-21-10-4-11-22-20;2-1-3/h2-3,5-9,12H,4,10-11,13H2,1H3,(H,21,22);1H,(H,2,3). The molecule has 0 unspecified atom stereocenters. The quantitative estimate of drug-likeness (QED) is 0.470. The van der Waals surface area contributed by atoms with Gasteiger partial charge in [0, 0.05) is 18.8 Å². The van der Waals surface area contributed by atoms with E-state index < -0.39 is 0 Å². The van der Waals surface area contributed by atoms with Gasteiger partial charge in [0.2, 0.25) is 0 Å². The molecule has 0 saturated carbocycles. The van der Waals surface area contributed by atoms with E-state index in [0.29, 0.717) is 0 Å². The van der Waals surface area contributed by atoms with E-state index in [0.717, 1.165) is 36.8 Å². The predicted molar refractivity (Wildman–Crippen MR) is 117 cm³/mol. The number of benzene rings is 2. The molecule has 146 valence electrons. The summed E-state index contributed by atoms with van der Waals surface area (Å²) in [6, 6.07) is 14.9. The number of amidine groups is 1. The summed E-state index contributed by atoms with van der Waals surface area (Å²) in [5.74, 6) is 2.90. The second-order valence-electron chi connectivity index (χ2n) is 6.00. The first-order valence-corrected chi connectivity index (χ1v) is 10.8. The lowest BCUT2D eigenvalue weighted by Gasteiger charge is -2.15. The Balaban J connectivity index is 0.000000706. The average Bonchev–Trinajstić information content (AvgIpc) is 3.21. The van der Waals surface area contributed by atoms with Crippen molar-refractivity contribution < 1.29 is 14.6 Å². The number of nitrogens with zero attached hydrogens (tertiary/aromatic N) is 1. The van der Waals surface area contributed by atoms with Crippen molar-refractivity contribution >= 4 is 46.2 Å². The van der Waals surface area contributed by atoms with Crippen molar-refractivity contribution in [3.8, 4) is 5.75 Å². The zero-order valence-electron chi connectivity index (χ0n) is 15.6. The first-order valence-electron chi connectivity index (χ1n) is 8.90. The molecule has 0 amide bonds. The van der Waals surface area contributed by atoms with Crippen LogP contribution in [0.5, 0.6) is 5.75 Å². The van der Waals surface area contributed by atoms with Crippen LogP contribution >= 0.6 is 23.1 Å². The fraction of sp³-hybridized carbons (Fsp3) is 0.238. The van der Waals surface area contributed by atoms with Gasteiger partial charge in [-0.25, -0.2) is 0 Å². The molecule has 1 aliphatic heterocycles. The van der Waals surface area contributed by atoms with Gasteiger partial charge in [0.1, 0.15) is 11.6 Å². The monoisotopic (exact) mass is 414 g/mol. The topological polar surface area (TPSA) is 70.9 Å². The summed E-state index contributed by atoms with van der Waals surface area (Å²) < 4.78 is 5.62. The number of carboxylic acid groups (broad SMARTS) is 1. The lowest BCUT2D eigenvalue weighted by molar-refractivity contribution is -0.122. The van der Waals surface area contributed by atoms with Crippen LogP contribution in [0.2, 0.25) is 0 Å². The smallest absolute Gasteiger partial charge is 0.290 e. The molecule has 2 N–H and O–H groups in total. The van der Waals surface area contributed by atoms with Crippen molar-refractivity contribution in [1.29, 1.82) is 0 Å². The Kier molecular flexibility index (Phi) is 7.33. The van der Waals surface area contributed by atoms with E-state index in [1.54, 1.807) is 18.4 Å². The third kappa shape index (κ3) is 4.66. The zero-order chi connectivity index (χ0) is 19.8. The molecule has 0 fully saturated rings. The molecular formula is C21H22N2O3S2. The van der Waals surface area contributed by atoms with E-state index in [2.05, 4.69) is 58.2 Å². The Bertz CT molecular complexity index is 969. The van der Waals surface area contributed by atoms with Gasteiger partial charge in [-0.3, -0.25) is 9.79 Å². The van der Waals surface area contributed by atoms with E-state index >= 15 is 0 Å². The number of methoxy groups -OCH3 is 1. The lowest BCUT2D eigenvalue weighted by Crippen LogP contribution is -2.30. The highest BCUT2D eigenvalue weighted by Crippen LogP contribution is 2.38. The van der Waals surface area contributed by atoms with Crippen LogP contribution in [0.4, 0.5) is 0 Å². The minimum absolute atomic E-state index is 0.250. The van der Waals surface area contributed by atoms with Crippen molar-refractivity contribution in [3.63, 3.8) is 0 Å². The Labute approximate surface area is 172 Å². The van der Waals surface area contributed by atoms with E-state index in [9.17, 15) is 0 Å². The van der Waals surface area contributed by atoms with Gasteiger partial charge in [-0.2, -0.15) is 0 Å². The van der Waals surface area contributed by atoms with Gasteiger partial charge < -0.3 is 15.2 Å². The first kappa shape index (κ1) is 20.2. The number of thioether (sulfide) groups is 1. The number of hydrogen-bond acceptors (Lipinski definition) is 6. The number of aliphatic imine (C=N–C) groups is 1. The van der Waals surface area contributed by atoms with E-state index in [1.807, 2.05) is 11.8 Å². The molecule has 28 heavy (non-hydrogen) atoms. The van der Waals surface area contributed by atoms with Crippen LogP contribution in [-0.2, 0) is 10.5 Å². The van der Waals surface area contributed by atoms with E-state index in [-0.39, 0.29) is 6.47 Å². The molecule has 0 aliphatic carbocycles. The number of hydrogen-bond donors (Lipinski definition) is 2.